The molecule has 0 N–H and O–H groups in total. The van der Waals surface area contributed by atoms with Crippen LogP contribution in [-0.2, 0) is 9.53 Å². The van der Waals surface area contributed by atoms with Crippen LogP contribution in [-0.4, -0.2) is 55.0 Å². The number of likely N-dealkylation sites (N-methyl/N-ethyl adjacent to an activating group) is 1. The molecule has 0 bridgehead atoms. The van der Waals surface area contributed by atoms with Crippen LogP contribution in [0, 0.1) is 17.1 Å². The first-order chi connectivity index (χ1) is 11.1. The molecular formula is C17H22FN3O2. The molecule has 0 radical (unpaired) electrons. The summed E-state index contributed by atoms with van der Waals surface area (Å²) in [7, 11) is 0. The van der Waals surface area contributed by atoms with E-state index < -0.39 is 0 Å². The molecule has 23 heavy (non-hydrogen) atoms. The molecule has 1 aliphatic rings. The summed E-state index contributed by atoms with van der Waals surface area (Å²) in [6.07, 6.45) is 0.201. The summed E-state index contributed by atoms with van der Waals surface area (Å²) in [6, 6.07) is 8.34. The van der Waals surface area contributed by atoms with Gasteiger partial charge in [0.05, 0.1) is 31.7 Å². The van der Waals surface area contributed by atoms with Crippen LogP contribution in [0.4, 0.5) is 4.39 Å². The van der Waals surface area contributed by atoms with Crippen molar-refractivity contribution in [2.75, 3.05) is 39.3 Å². The highest BCUT2D eigenvalue weighted by Crippen LogP contribution is 2.22. The third-order valence-electron chi connectivity index (χ3n) is 3.98. The zero-order chi connectivity index (χ0) is 16.7. The van der Waals surface area contributed by atoms with Crippen molar-refractivity contribution in [2.45, 2.75) is 19.4 Å². The monoisotopic (exact) mass is 319 g/mol. The second-order valence-corrected chi connectivity index (χ2v) is 5.53. The lowest BCUT2D eigenvalue weighted by molar-refractivity contribution is -0.134. The average Bonchev–Trinajstić information content (AvgIpc) is 2.56. The molecule has 1 fully saturated rings. The molecule has 1 aromatic rings. The van der Waals surface area contributed by atoms with Crippen LogP contribution < -0.4 is 0 Å². The maximum Gasteiger partial charge on any atom is 0.236 e. The van der Waals surface area contributed by atoms with Gasteiger partial charge in [-0.2, -0.15) is 5.26 Å². The molecule has 2 rings (SSSR count). The van der Waals surface area contributed by atoms with E-state index in [4.69, 9.17) is 10.00 Å². The summed E-state index contributed by atoms with van der Waals surface area (Å²) in [5.41, 5.74) is 0.917. The van der Waals surface area contributed by atoms with Crippen molar-refractivity contribution < 1.29 is 13.9 Å². The molecule has 1 aliphatic heterocycles. The highest BCUT2D eigenvalue weighted by molar-refractivity contribution is 5.78. The van der Waals surface area contributed by atoms with Crippen LogP contribution in [0.25, 0.3) is 0 Å². The fourth-order valence-corrected chi connectivity index (χ4v) is 2.66. The predicted octanol–water partition coefficient (Wildman–Crippen LogP) is 1.96. The minimum Gasteiger partial charge on any atom is -0.371 e. The predicted molar refractivity (Wildman–Crippen MR) is 84.0 cm³/mol. The fourth-order valence-electron chi connectivity index (χ4n) is 2.66. The van der Waals surface area contributed by atoms with Gasteiger partial charge < -0.3 is 9.64 Å². The molecule has 1 aromatic carbocycles. The first-order valence-electron chi connectivity index (χ1n) is 7.88. The fraction of sp³-hybridized carbons (Fsp3) is 0.529. The van der Waals surface area contributed by atoms with Crippen molar-refractivity contribution in [3.05, 3.63) is 35.6 Å². The third-order valence-corrected chi connectivity index (χ3v) is 3.98. The largest absolute Gasteiger partial charge is 0.371 e. The number of morpholine rings is 1. The Morgan fingerprint density at radius 1 is 1.48 bits per heavy atom. The van der Waals surface area contributed by atoms with Gasteiger partial charge in [0, 0.05) is 26.2 Å². The molecule has 0 unspecified atom stereocenters. The highest BCUT2D eigenvalue weighted by atomic mass is 19.1. The number of nitriles is 1. The molecular weight excluding hydrogens is 297 g/mol. The number of carbonyl (C=O) groups excluding carboxylic acids is 1. The lowest BCUT2D eigenvalue weighted by Gasteiger charge is -2.34. The molecule has 0 saturated carbocycles. The smallest absolute Gasteiger partial charge is 0.236 e. The van der Waals surface area contributed by atoms with E-state index in [0.29, 0.717) is 45.8 Å². The van der Waals surface area contributed by atoms with Crippen molar-refractivity contribution in [2.24, 2.45) is 0 Å². The van der Waals surface area contributed by atoms with Gasteiger partial charge in [0.25, 0.3) is 0 Å². The number of benzene rings is 1. The summed E-state index contributed by atoms with van der Waals surface area (Å²) < 4.78 is 18.7. The third kappa shape index (κ3) is 5.02. The number of amides is 1. The molecule has 1 atom stereocenters. The van der Waals surface area contributed by atoms with Gasteiger partial charge in [-0.25, -0.2) is 4.39 Å². The van der Waals surface area contributed by atoms with Gasteiger partial charge in [-0.3, -0.25) is 9.69 Å². The molecule has 5 nitrogen and oxygen atoms in total. The maximum absolute atomic E-state index is 13.0. The maximum atomic E-state index is 13.0. The molecule has 0 aliphatic carbocycles. The Bertz CT molecular complexity index is 556. The minimum atomic E-state index is -0.271. The summed E-state index contributed by atoms with van der Waals surface area (Å²) in [6.45, 7) is 5.14. The normalized spacial score (nSPS) is 18.4. The van der Waals surface area contributed by atoms with Gasteiger partial charge in [-0.15, -0.1) is 0 Å². The summed E-state index contributed by atoms with van der Waals surface area (Å²) in [4.78, 5) is 16.1. The van der Waals surface area contributed by atoms with E-state index in [1.165, 1.54) is 12.1 Å². The zero-order valence-electron chi connectivity index (χ0n) is 13.4. The van der Waals surface area contributed by atoms with Gasteiger partial charge >= 0.3 is 0 Å². The van der Waals surface area contributed by atoms with Gasteiger partial charge in [-0.05, 0) is 24.6 Å². The molecule has 0 aromatic heterocycles. The Kier molecular flexibility index (Phi) is 6.51. The van der Waals surface area contributed by atoms with E-state index in [0.717, 1.165) is 5.56 Å². The Balaban J connectivity index is 1.91. The van der Waals surface area contributed by atoms with Crippen LogP contribution >= 0.6 is 0 Å². The van der Waals surface area contributed by atoms with E-state index in [1.54, 1.807) is 17.0 Å². The number of ether oxygens (including phenoxy) is 1. The van der Waals surface area contributed by atoms with Crippen molar-refractivity contribution in [1.29, 1.82) is 5.26 Å². The Morgan fingerprint density at radius 2 is 2.22 bits per heavy atom. The van der Waals surface area contributed by atoms with Gasteiger partial charge in [0.1, 0.15) is 5.82 Å². The van der Waals surface area contributed by atoms with E-state index in [2.05, 4.69) is 11.0 Å². The van der Waals surface area contributed by atoms with Gasteiger partial charge in [0.2, 0.25) is 5.91 Å². The van der Waals surface area contributed by atoms with Crippen LogP contribution in [0.1, 0.15) is 25.0 Å². The van der Waals surface area contributed by atoms with E-state index in [-0.39, 0.29) is 17.8 Å². The summed E-state index contributed by atoms with van der Waals surface area (Å²) >= 11 is 0. The Labute approximate surface area is 136 Å². The SMILES string of the molecule is CCN(CCC#N)C(=O)CN1CCO[C@H](c2ccc(F)cc2)C1. The Hall–Kier alpha value is -1.97. The molecule has 124 valence electrons. The minimum absolute atomic E-state index is 0.0301. The summed E-state index contributed by atoms with van der Waals surface area (Å²) in [5, 5.41) is 8.65. The first kappa shape index (κ1) is 17.4. The second kappa shape index (κ2) is 8.61. The van der Waals surface area contributed by atoms with E-state index in [1.807, 2.05) is 6.92 Å². The number of hydrogen-bond donors (Lipinski definition) is 0. The summed E-state index contributed by atoms with van der Waals surface area (Å²) in [5.74, 6) is -0.241. The lowest BCUT2D eigenvalue weighted by atomic mass is 10.1. The van der Waals surface area contributed by atoms with Crippen molar-refractivity contribution in [3.63, 3.8) is 0 Å². The first-order valence-corrected chi connectivity index (χ1v) is 7.88. The van der Waals surface area contributed by atoms with Gasteiger partial charge in [-0.1, -0.05) is 12.1 Å². The molecule has 1 amide bonds. The molecule has 0 spiro atoms. The quantitative estimate of drug-likeness (QED) is 0.804. The van der Waals surface area contributed by atoms with Crippen LogP contribution in [0.15, 0.2) is 24.3 Å². The number of carbonyl (C=O) groups is 1. The number of hydrogen-bond acceptors (Lipinski definition) is 4. The van der Waals surface area contributed by atoms with Crippen LogP contribution in [0.2, 0.25) is 0 Å². The second-order valence-electron chi connectivity index (χ2n) is 5.53. The van der Waals surface area contributed by atoms with Crippen molar-refractivity contribution >= 4 is 5.91 Å². The molecule has 6 heteroatoms. The standard InChI is InChI=1S/C17H22FN3O2/c1-2-21(9-3-8-19)17(22)13-20-10-11-23-16(12-20)14-4-6-15(18)7-5-14/h4-7,16H,2-3,9-13H2,1H3/t16-/m0/s1. The average molecular weight is 319 g/mol. The lowest BCUT2D eigenvalue weighted by Crippen LogP contribution is -2.45. The van der Waals surface area contributed by atoms with Crippen LogP contribution in [0.3, 0.4) is 0 Å². The number of rotatable bonds is 6. The van der Waals surface area contributed by atoms with E-state index in [9.17, 15) is 9.18 Å². The molecule has 1 saturated heterocycles. The van der Waals surface area contributed by atoms with Crippen molar-refractivity contribution in [1.82, 2.24) is 9.80 Å². The van der Waals surface area contributed by atoms with E-state index >= 15 is 0 Å². The Morgan fingerprint density at radius 3 is 2.87 bits per heavy atom. The number of halogens is 1. The zero-order valence-corrected chi connectivity index (χ0v) is 13.4. The van der Waals surface area contributed by atoms with Crippen molar-refractivity contribution in [3.8, 4) is 6.07 Å². The topological polar surface area (TPSA) is 56.6 Å². The highest BCUT2D eigenvalue weighted by Gasteiger charge is 2.24. The molecule has 1 heterocycles. The van der Waals surface area contributed by atoms with Gasteiger partial charge in [0.15, 0.2) is 0 Å². The number of nitrogens with zero attached hydrogens (tertiary/aromatic N) is 3. The van der Waals surface area contributed by atoms with Crippen LogP contribution in [0.5, 0.6) is 0 Å².